The fourth-order valence-corrected chi connectivity index (χ4v) is 2.53. The molecule has 0 aromatic heterocycles. The van der Waals surface area contributed by atoms with Crippen LogP contribution in [0.5, 0.6) is 0 Å². The van der Waals surface area contributed by atoms with Gasteiger partial charge < -0.3 is 5.32 Å². The average Bonchev–Trinajstić information content (AvgIpc) is 2.32. The Morgan fingerprint density at radius 3 is 2.72 bits per heavy atom. The monoisotopic (exact) mass is 291 g/mol. The Morgan fingerprint density at radius 1 is 1.33 bits per heavy atom. The number of halogens is 3. The minimum Gasteiger partial charge on any atom is -0.312 e. The van der Waals surface area contributed by atoms with E-state index in [4.69, 9.17) is 23.2 Å². The summed E-state index contributed by atoms with van der Waals surface area (Å²) in [6.45, 7) is 3.77. The van der Waals surface area contributed by atoms with Gasteiger partial charge in [0.1, 0.15) is 5.82 Å². The predicted octanol–water partition coefficient (Wildman–Crippen LogP) is 4.61. The topological polar surface area (TPSA) is 12.0 Å². The summed E-state index contributed by atoms with van der Waals surface area (Å²) >= 11 is 11.7. The molecule has 1 aromatic rings. The van der Waals surface area contributed by atoms with Gasteiger partial charge in [-0.2, -0.15) is 0 Å². The van der Waals surface area contributed by atoms with Gasteiger partial charge in [0.25, 0.3) is 0 Å². The van der Waals surface area contributed by atoms with Gasteiger partial charge in [-0.1, -0.05) is 31.0 Å². The first-order chi connectivity index (χ1) is 8.67. The molecule has 0 aliphatic heterocycles. The van der Waals surface area contributed by atoms with Gasteiger partial charge in [0.05, 0.1) is 0 Å². The summed E-state index contributed by atoms with van der Waals surface area (Å²) in [5.74, 6) is 1.00. The van der Waals surface area contributed by atoms with Crippen LogP contribution in [0, 0.1) is 11.7 Å². The van der Waals surface area contributed by atoms with Crippen molar-refractivity contribution in [1.29, 1.82) is 0 Å². The Morgan fingerprint density at radius 2 is 2.11 bits per heavy atom. The molecule has 1 rings (SSSR count). The van der Waals surface area contributed by atoms with Crippen LogP contribution in [0.15, 0.2) is 18.2 Å². The van der Waals surface area contributed by atoms with Gasteiger partial charge in [0.2, 0.25) is 0 Å². The van der Waals surface area contributed by atoms with E-state index in [-0.39, 0.29) is 5.82 Å². The van der Waals surface area contributed by atoms with E-state index < -0.39 is 0 Å². The predicted molar refractivity (Wildman–Crippen MR) is 76.9 cm³/mol. The van der Waals surface area contributed by atoms with Crippen molar-refractivity contribution in [2.45, 2.75) is 32.7 Å². The van der Waals surface area contributed by atoms with Crippen LogP contribution in [0.4, 0.5) is 4.39 Å². The Bertz CT molecular complexity index is 352. The number of hydrogen-bond donors (Lipinski definition) is 1. The second-order valence-corrected chi connectivity index (χ2v) is 5.28. The number of benzene rings is 1. The Hall–Kier alpha value is -0.310. The molecule has 0 saturated carbocycles. The van der Waals surface area contributed by atoms with E-state index in [1.54, 1.807) is 6.07 Å². The van der Waals surface area contributed by atoms with E-state index in [0.29, 0.717) is 23.4 Å². The molecule has 18 heavy (non-hydrogen) atoms. The van der Waals surface area contributed by atoms with Gasteiger partial charge in [-0.3, -0.25) is 0 Å². The SMILES string of the molecule is CCCC(CCCl)CNCc1ccc(F)cc1Cl. The Kier molecular flexibility index (Phi) is 7.64. The summed E-state index contributed by atoms with van der Waals surface area (Å²) in [6.07, 6.45) is 3.37. The van der Waals surface area contributed by atoms with Crippen molar-refractivity contribution in [1.82, 2.24) is 5.32 Å². The molecular formula is C14H20Cl2FN. The molecule has 0 aliphatic carbocycles. The number of rotatable bonds is 8. The average molecular weight is 292 g/mol. The highest BCUT2D eigenvalue weighted by molar-refractivity contribution is 6.31. The summed E-state index contributed by atoms with van der Waals surface area (Å²) in [5.41, 5.74) is 0.930. The zero-order chi connectivity index (χ0) is 13.4. The lowest BCUT2D eigenvalue weighted by Crippen LogP contribution is -2.23. The lowest BCUT2D eigenvalue weighted by Gasteiger charge is -2.16. The molecule has 0 bridgehead atoms. The summed E-state index contributed by atoms with van der Waals surface area (Å²) in [4.78, 5) is 0. The number of hydrogen-bond acceptors (Lipinski definition) is 1. The van der Waals surface area contributed by atoms with Crippen molar-refractivity contribution in [2.24, 2.45) is 5.92 Å². The number of alkyl halides is 1. The molecule has 0 fully saturated rings. The molecule has 0 amide bonds. The minimum absolute atomic E-state index is 0.297. The van der Waals surface area contributed by atoms with Gasteiger partial charge in [-0.15, -0.1) is 11.6 Å². The molecule has 0 aliphatic rings. The molecule has 1 aromatic carbocycles. The van der Waals surface area contributed by atoms with Crippen LogP contribution in [0.3, 0.4) is 0 Å². The van der Waals surface area contributed by atoms with Crippen LogP contribution in [-0.2, 0) is 6.54 Å². The van der Waals surface area contributed by atoms with Crippen LogP contribution in [0.2, 0.25) is 5.02 Å². The van der Waals surface area contributed by atoms with Crippen LogP contribution in [-0.4, -0.2) is 12.4 Å². The second-order valence-electron chi connectivity index (χ2n) is 4.50. The molecule has 1 atom stereocenters. The van der Waals surface area contributed by atoms with Gasteiger partial charge in [-0.05, 0) is 43.0 Å². The van der Waals surface area contributed by atoms with Crippen molar-refractivity contribution in [3.05, 3.63) is 34.6 Å². The summed E-state index contributed by atoms with van der Waals surface area (Å²) < 4.78 is 12.9. The summed E-state index contributed by atoms with van der Waals surface area (Å²) in [7, 11) is 0. The third-order valence-corrected chi connectivity index (χ3v) is 3.55. The molecule has 0 radical (unpaired) electrons. The summed E-state index contributed by atoms with van der Waals surface area (Å²) in [6, 6.07) is 4.51. The maximum atomic E-state index is 12.9. The largest absolute Gasteiger partial charge is 0.312 e. The molecule has 0 spiro atoms. The van der Waals surface area contributed by atoms with Gasteiger partial charge in [-0.25, -0.2) is 4.39 Å². The lowest BCUT2D eigenvalue weighted by atomic mass is 10.0. The standard InChI is InChI=1S/C14H20Cl2FN/c1-2-3-11(6-7-15)9-18-10-12-4-5-13(17)8-14(12)16/h4-5,8,11,18H,2-3,6-7,9-10H2,1H3. The van der Waals surface area contributed by atoms with Crippen molar-refractivity contribution in [3.63, 3.8) is 0 Å². The Balaban J connectivity index is 2.39. The van der Waals surface area contributed by atoms with Crippen molar-refractivity contribution in [3.8, 4) is 0 Å². The fraction of sp³-hybridized carbons (Fsp3) is 0.571. The summed E-state index contributed by atoms with van der Waals surface area (Å²) in [5, 5.41) is 3.84. The third-order valence-electron chi connectivity index (χ3n) is 2.98. The first kappa shape index (κ1) is 15.7. The normalized spacial score (nSPS) is 12.7. The van der Waals surface area contributed by atoms with E-state index in [1.165, 1.54) is 25.0 Å². The van der Waals surface area contributed by atoms with Crippen molar-refractivity contribution >= 4 is 23.2 Å². The zero-order valence-corrected chi connectivity index (χ0v) is 12.2. The van der Waals surface area contributed by atoms with E-state index in [2.05, 4.69) is 12.2 Å². The fourth-order valence-electron chi connectivity index (χ4n) is 1.99. The molecule has 102 valence electrons. The molecule has 0 heterocycles. The lowest BCUT2D eigenvalue weighted by molar-refractivity contribution is 0.430. The zero-order valence-electron chi connectivity index (χ0n) is 10.7. The molecule has 1 unspecified atom stereocenters. The third kappa shape index (κ3) is 5.55. The van der Waals surface area contributed by atoms with E-state index in [1.807, 2.05) is 0 Å². The maximum absolute atomic E-state index is 12.9. The smallest absolute Gasteiger partial charge is 0.124 e. The molecule has 1 nitrogen and oxygen atoms in total. The van der Waals surface area contributed by atoms with E-state index >= 15 is 0 Å². The van der Waals surface area contributed by atoms with E-state index in [9.17, 15) is 4.39 Å². The highest BCUT2D eigenvalue weighted by Crippen LogP contribution is 2.17. The maximum Gasteiger partial charge on any atom is 0.124 e. The molecule has 4 heteroatoms. The second kappa shape index (κ2) is 8.73. The van der Waals surface area contributed by atoms with Gasteiger partial charge in [0.15, 0.2) is 0 Å². The Labute approximate surface area is 119 Å². The molecule has 1 N–H and O–H groups in total. The minimum atomic E-state index is -0.297. The first-order valence-corrected chi connectivity index (χ1v) is 7.29. The highest BCUT2D eigenvalue weighted by atomic mass is 35.5. The van der Waals surface area contributed by atoms with Gasteiger partial charge >= 0.3 is 0 Å². The van der Waals surface area contributed by atoms with Crippen LogP contribution < -0.4 is 5.32 Å². The first-order valence-electron chi connectivity index (χ1n) is 6.38. The van der Waals surface area contributed by atoms with Crippen molar-refractivity contribution in [2.75, 3.05) is 12.4 Å². The number of nitrogens with one attached hydrogen (secondary N) is 1. The van der Waals surface area contributed by atoms with E-state index in [0.717, 1.165) is 18.5 Å². The highest BCUT2D eigenvalue weighted by Gasteiger charge is 2.07. The van der Waals surface area contributed by atoms with Crippen LogP contribution in [0.25, 0.3) is 0 Å². The van der Waals surface area contributed by atoms with Gasteiger partial charge in [0, 0.05) is 17.4 Å². The van der Waals surface area contributed by atoms with Crippen LogP contribution in [0.1, 0.15) is 31.7 Å². The van der Waals surface area contributed by atoms with Crippen molar-refractivity contribution < 1.29 is 4.39 Å². The molecular weight excluding hydrogens is 272 g/mol. The quantitative estimate of drug-likeness (QED) is 0.690. The molecule has 0 saturated heterocycles. The van der Waals surface area contributed by atoms with Crippen LogP contribution >= 0.6 is 23.2 Å².